The number of Topliss-reactive ketones (excluding diaryl/α,β-unsaturated/α-hetero) is 1. The van der Waals surface area contributed by atoms with E-state index in [0.717, 1.165) is 29.9 Å². The molecule has 2 aromatic rings. The van der Waals surface area contributed by atoms with Crippen molar-refractivity contribution in [1.29, 1.82) is 0 Å². The van der Waals surface area contributed by atoms with E-state index in [2.05, 4.69) is 12.1 Å². The van der Waals surface area contributed by atoms with Crippen molar-refractivity contribution in [1.82, 2.24) is 4.90 Å². The Labute approximate surface area is 184 Å². The van der Waals surface area contributed by atoms with Crippen molar-refractivity contribution in [3.8, 4) is 0 Å². The first kappa shape index (κ1) is 20.5. The first-order valence-corrected chi connectivity index (χ1v) is 10.8. The summed E-state index contributed by atoms with van der Waals surface area (Å²) in [7, 11) is 0. The average Bonchev–Trinajstić information content (AvgIpc) is 3.46. The van der Waals surface area contributed by atoms with Gasteiger partial charge < -0.3 is 4.74 Å². The highest BCUT2D eigenvalue weighted by Gasteiger charge is 2.64. The van der Waals surface area contributed by atoms with Crippen LogP contribution in [0.25, 0.3) is 0 Å². The molecule has 0 radical (unpaired) electrons. The Morgan fingerprint density at radius 3 is 2.34 bits per heavy atom. The lowest BCUT2D eigenvalue weighted by atomic mass is 9.73. The number of carbonyl (C=O) groups is 4. The predicted molar refractivity (Wildman–Crippen MR) is 111 cm³/mol. The standard InChI is InChI=1S/C25H22FNO5/c26-17-8-6-15(7-9-17)20(28)13-32-21(29)12-27-24(30)22-16-10-18(14-4-2-1-3-5-14)19(11-16)23(22)25(27)31/h1-9,16,18-19,22-23H,10-13H2/t16-,18-,19+,22+,23-/m0/s1. The maximum atomic E-state index is 13.1. The van der Waals surface area contributed by atoms with Crippen molar-refractivity contribution in [2.45, 2.75) is 18.8 Å². The monoisotopic (exact) mass is 435 g/mol. The van der Waals surface area contributed by atoms with Gasteiger partial charge in [-0.3, -0.25) is 24.1 Å². The van der Waals surface area contributed by atoms with Gasteiger partial charge in [0.2, 0.25) is 11.8 Å². The molecule has 1 saturated heterocycles. The van der Waals surface area contributed by atoms with E-state index < -0.39 is 30.7 Å². The molecule has 0 aromatic heterocycles. The van der Waals surface area contributed by atoms with Gasteiger partial charge in [-0.2, -0.15) is 0 Å². The second-order valence-corrected chi connectivity index (χ2v) is 8.82. The SMILES string of the molecule is O=C(CN1C(=O)[C@@H]2[C@@H]3C[C@@H]([C@@H]2C1=O)[C@H](c1ccccc1)C3)OCC(=O)c1ccc(F)cc1. The molecular weight excluding hydrogens is 413 g/mol. The largest absolute Gasteiger partial charge is 0.456 e. The topological polar surface area (TPSA) is 80.8 Å². The Morgan fingerprint density at radius 1 is 0.938 bits per heavy atom. The van der Waals surface area contributed by atoms with Crippen molar-refractivity contribution in [2.24, 2.45) is 23.7 Å². The molecule has 7 heteroatoms. The van der Waals surface area contributed by atoms with Gasteiger partial charge in [0.05, 0.1) is 11.8 Å². The van der Waals surface area contributed by atoms with Crippen molar-refractivity contribution in [3.63, 3.8) is 0 Å². The van der Waals surface area contributed by atoms with Crippen LogP contribution in [-0.2, 0) is 19.1 Å². The predicted octanol–water partition coefficient (Wildman–Crippen LogP) is 2.98. The van der Waals surface area contributed by atoms with Crippen LogP contribution < -0.4 is 0 Å². The number of carbonyl (C=O) groups excluding carboxylic acids is 4. The lowest BCUT2D eigenvalue weighted by Crippen LogP contribution is -2.38. The highest BCUT2D eigenvalue weighted by molar-refractivity contribution is 6.08. The molecule has 0 spiro atoms. The normalized spacial score (nSPS) is 28.2. The molecule has 5 rings (SSSR count). The summed E-state index contributed by atoms with van der Waals surface area (Å²) in [6.07, 6.45) is 1.73. The summed E-state index contributed by atoms with van der Waals surface area (Å²) in [6.45, 7) is -1.02. The summed E-state index contributed by atoms with van der Waals surface area (Å²) in [5.74, 6) is -2.64. The highest BCUT2D eigenvalue weighted by Crippen LogP contribution is 2.61. The summed E-state index contributed by atoms with van der Waals surface area (Å²) >= 11 is 0. The molecule has 2 saturated carbocycles. The zero-order chi connectivity index (χ0) is 22.4. The molecule has 2 aromatic carbocycles. The van der Waals surface area contributed by atoms with Gasteiger partial charge in [0, 0.05) is 5.56 Å². The average molecular weight is 435 g/mol. The molecule has 0 N–H and O–H groups in total. The molecule has 3 aliphatic rings. The maximum Gasteiger partial charge on any atom is 0.326 e. The van der Waals surface area contributed by atoms with Crippen LogP contribution in [-0.4, -0.2) is 41.6 Å². The van der Waals surface area contributed by atoms with Crippen LogP contribution in [0.15, 0.2) is 54.6 Å². The Kier molecular flexibility index (Phi) is 5.12. The molecule has 2 aliphatic carbocycles. The number of fused-ring (bicyclic) bond motifs is 5. The minimum absolute atomic E-state index is 0.102. The third-order valence-corrected chi connectivity index (χ3v) is 7.15. The number of rotatable bonds is 6. The fraction of sp³-hybridized carbons (Fsp3) is 0.360. The van der Waals surface area contributed by atoms with Crippen LogP contribution >= 0.6 is 0 Å². The van der Waals surface area contributed by atoms with Gasteiger partial charge in [0.25, 0.3) is 0 Å². The van der Waals surface area contributed by atoms with E-state index in [1.54, 1.807) is 0 Å². The van der Waals surface area contributed by atoms with Gasteiger partial charge in [-0.15, -0.1) is 0 Å². The Bertz CT molecular complexity index is 1080. The fourth-order valence-electron chi connectivity index (χ4n) is 5.80. The molecule has 0 unspecified atom stereocenters. The van der Waals surface area contributed by atoms with E-state index in [9.17, 15) is 23.6 Å². The maximum absolute atomic E-state index is 13.1. The van der Waals surface area contributed by atoms with Crippen molar-refractivity contribution in [2.75, 3.05) is 13.2 Å². The van der Waals surface area contributed by atoms with Gasteiger partial charge in [-0.1, -0.05) is 30.3 Å². The zero-order valence-corrected chi connectivity index (χ0v) is 17.3. The summed E-state index contributed by atoms with van der Waals surface area (Å²) in [4.78, 5) is 51.4. The first-order valence-electron chi connectivity index (χ1n) is 10.8. The van der Waals surface area contributed by atoms with Gasteiger partial charge in [0.15, 0.2) is 12.4 Å². The third-order valence-electron chi connectivity index (χ3n) is 7.15. The van der Waals surface area contributed by atoms with Gasteiger partial charge in [-0.05, 0) is 60.4 Å². The van der Waals surface area contributed by atoms with Crippen LogP contribution in [0, 0.1) is 29.5 Å². The number of halogens is 1. The van der Waals surface area contributed by atoms with Crippen molar-refractivity contribution in [3.05, 3.63) is 71.5 Å². The second-order valence-electron chi connectivity index (χ2n) is 8.82. The molecule has 1 aliphatic heterocycles. The number of imide groups is 1. The summed E-state index contributed by atoms with van der Waals surface area (Å²) < 4.78 is 18.0. The van der Waals surface area contributed by atoms with E-state index in [1.165, 1.54) is 17.7 Å². The molecule has 3 fully saturated rings. The van der Waals surface area contributed by atoms with Crippen molar-refractivity contribution < 1.29 is 28.3 Å². The van der Waals surface area contributed by atoms with E-state index in [0.29, 0.717) is 0 Å². The molecule has 5 atom stereocenters. The quantitative estimate of drug-likeness (QED) is 0.396. The number of likely N-dealkylation sites (tertiary alicyclic amines) is 1. The number of nitrogens with zero attached hydrogens (tertiary/aromatic N) is 1. The molecular formula is C25H22FNO5. The number of ether oxygens (including phenoxy) is 1. The summed E-state index contributed by atoms with van der Waals surface area (Å²) in [5, 5.41) is 0. The van der Waals surface area contributed by atoms with Crippen LogP contribution in [0.2, 0.25) is 0 Å². The van der Waals surface area contributed by atoms with E-state index in [-0.39, 0.29) is 47.0 Å². The fourth-order valence-corrected chi connectivity index (χ4v) is 5.80. The highest BCUT2D eigenvalue weighted by atomic mass is 19.1. The molecule has 32 heavy (non-hydrogen) atoms. The van der Waals surface area contributed by atoms with Gasteiger partial charge >= 0.3 is 5.97 Å². The molecule has 2 bridgehead atoms. The number of esters is 1. The Morgan fingerprint density at radius 2 is 1.62 bits per heavy atom. The Hall–Kier alpha value is -3.35. The first-order chi connectivity index (χ1) is 15.4. The van der Waals surface area contributed by atoms with E-state index >= 15 is 0 Å². The minimum atomic E-state index is -0.811. The van der Waals surface area contributed by atoms with Crippen LogP contribution in [0.5, 0.6) is 0 Å². The van der Waals surface area contributed by atoms with E-state index in [1.807, 2.05) is 18.2 Å². The second kappa shape index (κ2) is 7.97. The van der Waals surface area contributed by atoms with E-state index in [4.69, 9.17) is 4.74 Å². The van der Waals surface area contributed by atoms with Crippen LogP contribution in [0.1, 0.15) is 34.7 Å². The molecule has 6 nitrogen and oxygen atoms in total. The van der Waals surface area contributed by atoms with Gasteiger partial charge in [0.1, 0.15) is 12.4 Å². The van der Waals surface area contributed by atoms with Gasteiger partial charge in [-0.25, -0.2) is 4.39 Å². The lowest BCUT2D eigenvalue weighted by Gasteiger charge is -2.28. The number of amides is 2. The molecule has 1 heterocycles. The molecule has 2 amide bonds. The Balaban J connectivity index is 1.22. The zero-order valence-electron chi connectivity index (χ0n) is 17.3. The summed E-state index contributed by atoms with van der Waals surface area (Å²) in [5.41, 5.74) is 1.40. The van der Waals surface area contributed by atoms with Crippen LogP contribution in [0.4, 0.5) is 4.39 Å². The number of hydrogen-bond donors (Lipinski definition) is 0. The smallest absolute Gasteiger partial charge is 0.326 e. The number of ketones is 1. The number of hydrogen-bond acceptors (Lipinski definition) is 5. The van der Waals surface area contributed by atoms with Crippen LogP contribution in [0.3, 0.4) is 0 Å². The third kappa shape index (κ3) is 3.42. The number of benzene rings is 2. The molecule has 164 valence electrons. The summed E-state index contributed by atoms with van der Waals surface area (Å²) in [6, 6.07) is 14.9. The lowest BCUT2D eigenvalue weighted by molar-refractivity contribution is -0.152. The minimum Gasteiger partial charge on any atom is -0.456 e. The van der Waals surface area contributed by atoms with Crippen molar-refractivity contribution >= 4 is 23.6 Å².